The molecule has 2 rings (SSSR count). The molecule has 3 N–H and O–H groups in total. The van der Waals surface area contributed by atoms with Gasteiger partial charge < -0.3 is 20.1 Å². The summed E-state index contributed by atoms with van der Waals surface area (Å²) in [5, 5.41) is 18.6. The molecule has 0 bridgehead atoms. The van der Waals surface area contributed by atoms with Gasteiger partial charge in [0.25, 0.3) is 0 Å². The number of nitrogens with one attached hydrogen (secondary N) is 3. The number of rotatable bonds is 9. The Morgan fingerprint density at radius 3 is 2.45 bits per heavy atom. The van der Waals surface area contributed by atoms with Crippen molar-refractivity contribution >= 4 is 18.0 Å². The van der Waals surface area contributed by atoms with Crippen LogP contribution in [0.4, 0.5) is 4.79 Å². The van der Waals surface area contributed by atoms with Crippen LogP contribution in [0, 0.1) is 0 Å². The number of hydrogen-bond donors (Lipinski definition) is 3. The second kappa shape index (κ2) is 11.0. The molecule has 2 aromatic rings. The third kappa shape index (κ3) is 8.81. The molecule has 31 heavy (non-hydrogen) atoms. The van der Waals surface area contributed by atoms with E-state index in [4.69, 9.17) is 9.47 Å². The van der Waals surface area contributed by atoms with Gasteiger partial charge in [-0.15, -0.1) is 10.2 Å². The van der Waals surface area contributed by atoms with E-state index in [0.717, 1.165) is 5.56 Å². The fourth-order valence-electron chi connectivity index (χ4n) is 2.54. The fourth-order valence-corrected chi connectivity index (χ4v) is 2.54. The molecule has 0 aliphatic rings. The highest BCUT2D eigenvalue weighted by molar-refractivity contribution is 5.83. The van der Waals surface area contributed by atoms with Crippen LogP contribution in [0.3, 0.4) is 0 Å². The molecule has 0 radical (unpaired) electrons. The topological polar surface area (TPSA) is 148 Å². The number of H-pyrrole nitrogens is 1. The number of ether oxygens (including phenoxy) is 2. The standard InChI is InChI=1S/C20H28N6O5/c1-13(17-23-25-26-24-17)21-16(27)11-10-15(18(28)31-20(2,3)4)22-19(29)30-12-14-8-6-5-7-9-14/h5-9,13,15H,10-12H2,1-4H3,(H,21,27)(H,22,29)(H,23,24,25,26)/t13-,15+/m1/s1. The van der Waals surface area contributed by atoms with Crippen molar-refractivity contribution in [1.82, 2.24) is 31.3 Å². The van der Waals surface area contributed by atoms with Crippen molar-refractivity contribution in [2.75, 3.05) is 0 Å². The van der Waals surface area contributed by atoms with E-state index in [1.807, 2.05) is 30.3 Å². The van der Waals surface area contributed by atoms with Gasteiger partial charge in [0.15, 0.2) is 5.82 Å². The van der Waals surface area contributed by atoms with Crippen molar-refractivity contribution in [3.05, 3.63) is 41.7 Å². The number of carbonyl (C=O) groups excluding carboxylic acids is 3. The lowest BCUT2D eigenvalue weighted by Crippen LogP contribution is -2.45. The third-order valence-electron chi connectivity index (χ3n) is 3.98. The van der Waals surface area contributed by atoms with Gasteiger partial charge in [-0.1, -0.05) is 35.5 Å². The van der Waals surface area contributed by atoms with Crippen LogP contribution in [0.1, 0.15) is 58.0 Å². The van der Waals surface area contributed by atoms with Crippen LogP contribution in [0.5, 0.6) is 0 Å². The quantitative estimate of drug-likeness (QED) is 0.508. The van der Waals surface area contributed by atoms with Gasteiger partial charge in [-0.3, -0.25) is 4.79 Å². The molecule has 0 aliphatic carbocycles. The Bertz CT molecular complexity index is 851. The minimum absolute atomic E-state index is 0.0279. The average molecular weight is 432 g/mol. The number of nitrogens with zero attached hydrogens (tertiary/aromatic N) is 3. The molecule has 2 atom stereocenters. The molecule has 0 saturated carbocycles. The maximum absolute atomic E-state index is 12.5. The van der Waals surface area contributed by atoms with Crippen molar-refractivity contribution in [3.8, 4) is 0 Å². The van der Waals surface area contributed by atoms with E-state index in [2.05, 4.69) is 31.3 Å². The number of esters is 1. The minimum Gasteiger partial charge on any atom is -0.458 e. The monoisotopic (exact) mass is 432 g/mol. The van der Waals surface area contributed by atoms with Gasteiger partial charge in [-0.25, -0.2) is 9.59 Å². The Balaban J connectivity index is 1.91. The van der Waals surface area contributed by atoms with Crippen LogP contribution in [-0.4, -0.2) is 50.2 Å². The molecule has 0 aliphatic heterocycles. The van der Waals surface area contributed by atoms with Crippen molar-refractivity contribution in [1.29, 1.82) is 0 Å². The van der Waals surface area contributed by atoms with E-state index >= 15 is 0 Å². The van der Waals surface area contributed by atoms with Crippen molar-refractivity contribution in [2.45, 2.75) is 64.8 Å². The molecule has 0 saturated heterocycles. The van der Waals surface area contributed by atoms with Gasteiger partial charge >= 0.3 is 12.1 Å². The number of hydrogen-bond acceptors (Lipinski definition) is 8. The highest BCUT2D eigenvalue weighted by atomic mass is 16.6. The fraction of sp³-hybridized carbons (Fsp3) is 0.500. The lowest BCUT2D eigenvalue weighted by Gasteiger charge is -2.24. The molecule has 2 amide bonds. The van der Waals surface area contributed by atoms with Gasteiger partial charge in [0.1, 0.15) is 18.2 Å². The Labute approximate surface area is 180 Å². The maximum Gasteiger partial charge on any atom is 0.408 e. The first-order valence-electron chi connectivity index (χ1n) is 9.87. The Hall–Kier alpha value is -3.50. The number of alkyl carbamates (subject to hydrolysis) is 1. The summed E-state index contributed by atoms with van der Waals surface area (Å²) in [7, 11) is 0. The zero-order valence-electron chi connectivity index (χ0n) is 18.0. The first kappa shape index (κ1) is 23.8. The molecule has 168 valence electrons. The summed E-state index contributed by atoms with van der Waals surface area (Å²) < 4.78 is 10.5. The molecule has 1 aromatic carbocycles. The Kier molecular flexibility index (Phi) is 8.47. The van der Waals surface area contributed by atoms with Crippen LogP contribution in [0.2, 0.25) is 0 Å². The smallest absolute Gasteiger partial charge is 0.408 e. The molecule has 0 unspecified atom stereocenters. The summed E-state index contributed by atoms with van der Waals surface area (Å²) in [6.45, 7) is 6.91. The van der Waals surface area contributed by atoms with Crippen molar-refractivity contribution < 1.29 is 23.9 Å². The van der Waals surface area contributed by atoms with E-state index in [1.54, 1.807) is 27.7 Å². The Morgan fingerprint density at radius 1 is 1.13 bits per heavy atom. The highest BCUT2D eigenvalue weighted by Gasteiger charge is 2.28. The van der Waals surface area contributed by atoms with Gasteiger partial charge in [-0.05, 0) is 39.7 Å². The van der Waals surface area contributed by atoms with Crippen LogP contribution < -0.4 is 10.6 Å². The normalized spacial score (nSPS) is 13.0. The number of carbonyl (C=O) groups is 3. The first-order chi connectivity index (χ1) is 14.6. The summed E-state index contributed by atoms with van der Waals surface area (Å²) >= 11 is 0. The van der Waals surface area contributed by atoms with E-state index in [-0.39, 0.29) is 25.4 Å². The van der Waals surface area contributed by atoms with Crippen molar-refractivity contribution in [2.24, 2.45) is 0 Å². The van der Waals surface area contributed by atoms with Gasteiger partial charge in [-0.2, -0.15) is 5.21 Å². The summed E-state index contributed by atoms with van der Waals surface area (Å²) in [4.78, 5) is 37.0. The predicted molar refractivity (Wildman–Crippen MR) is 109 cm³/mol. The van der Waals surface area contributed by atoms with Gasteiger partial charge in [0, 0.05) is 6.42 Å². The summed E-state index contributed by atoms with van der Waals surface area (Å²) in [6, 6.07) is 7.63. The molecule has 11 nitrogen and oxygen atoms in total. The van der Waals surface area contributed by atoms with Crippen LogP contribution in [0.25, 0.3) is 0 Å². The molecular weight excluding hydrogens is 404 g/mol. The largest absolute Gasteiger partial charge is 0.458 e. The molecule has 1 aromatic heterocycles. The SMILES string of the molecule is C[C@@H](NC(=O)CC[C@H](NC(=O)OCc1ccccc1)C(=O)OC(C)(C)C)c1nn[nH]n1. The number of benzene rings is 1. The second-order valence-corrected chi connectivity index (χ2v) is 7.89. The summed E-state index contributed by atoms with van der Waals surface area (Å²) in [6.07, 6.45) is -0.786. The number of amides is 2. The zero-order valence-corrected chi connectivity index (χ0v) is 18.0. The van der Waals surface area contributed by atoms with Crippen LogP contribution in [0.15, 0.2) is 30.3 Å². The maximum atomic E-state index is 12.5. The van der Waals surface area contributed by atoms with Crippen LogP contribution >= 0.6 is 0 Å². The number of tetrazole rings is 1. The van der Waals surface area contributed by atoms with E-state index in [1.165, 1.54) is 0 Å². The second-order valence-electron chi connectivity index (χ2n) is 7.89. The summed E-state index contributed by atoms with van der Waals surface area (Å²) in [5.74, 6) is -0.659. The predicted octanol–water partition coefficient (Wildman–Crippen LogP) is 1.79. The van der Waals surface area contributed by atoms with E-state index < -0.39 is 29.7 Å². The molecule has 11 heteroatoms. The Morgan fingerprint density at radius 2 is 1.84 bits per heavy atom. The highest BCUT2D eigenvalue weighted by Crippen LogP contribution is 2.12. The third-order valence-corrected chi connectivity index (χ3v) is 3.98. The van der Waals surface area contributed by atoms with E-state index in [9.17, 15) is 14.4 Å². The molecule has 1 heterocycles. The number of aromatic nitrogens is 4. The minimum atomic E-state index is -1.05. The average Bonchev–Trinajstić information content (AvgIpc) is 3.24. The molecular formula is C20H28N6O5. The molecule has 0 fully saturated rings. The first-order valence-corrected chi connectivity index (χ1v) is 9.87. The zero-order chi connectivity index (χ0) is 22.9. The lowest BCUT2D eigenvalue weighted by molar-refractivity contribution is -0.157. The van der Waals surface area contributed by atoms with E-state index in [0.29, 0.717) is 5.82 Å². The van der Waals surface area contributed by atoms with Gasteiger partial charge in [0.05, 0.1) is 6.04 Å². The molecule has 0 spiro atoms. The van der Waals surface area contributed by atoms with Gasteiger partial charge in [0.2, 0.25) is 5.91 Å². The van der Waals surface area contributed by atoms with Crippen LogP contribution in [-0.2, 0) is 25.7 Å². The lowest BCUT2D eigenvalue weighted by atomic mass is 10.1. The van der Waals surface area contributed by atoms with Crippen molar-refractivity contribution in [3.63, 3.8) is 0 Å². The number of aromatic amines is 1. The summed E-state index contributed by atoms with van der Waals surface area (Å²) in [5.41, 5.74) is 0.0571.